The predicted octanol–water partition coefficient (Wildman–Crippen LogP) is 20.2. The van der Waals surface area contributed by atoms with Crippen LogP contribution in [0.1, 0.15) is 99.9 Å². The fourth-order valence-electron chi connectivity index (χ4n) is 14.1. The number of hydrogen-bond donors (Lipinski definition) is 0. The van der Waals surface area contributed by atoms with Gasteiger partial charge in [-0.15, -0.1) is 0 Å². The van der Waals surface area contributed by atoms with Crippen molar-refractivity contribution >= 4 is 55.7 Å². The number of para-hydroxylation sites is 2. The van der Waals surface area contributed by atoms with Crippen LogP contribution in [0.15, 0.2) is 218 Å². The van der Waals surface area contributed by atoms with E-state index in [1.165, 1.54) is 145 Å². The average Bonchev–Trinajstić information content (AvgIpc) is 3.44. The van der Waals surface area contributed by atoms with Gasteiger partial charge in [0.1, 0.15) is 0 Å². The highest BCUT2D eigenvalue weighted by molar-refractivity contribution is 5.98. The molecule has 0 atom stereocenters. The lowest BCUT2D eigenvalue weighted by Gasteiger charge is -2.50. The van der Waals surface area contributed by atoms with Crippen LogP contribution in [0.2, 0.25) is 0 Å². The highest BCUT2D eigenvalue weighted by Crippen LogP contribution is 2.63. The molecule has 11 aromatic carbocycles. The van der Waals surface area contributed by atoms with Crippen molar-refractivity contribution in [2.75, 3.05) is 9.80 Å². The molecule has 2 nitrogen and oxygen atoms in total. The Labute approximate surface area is 447 Å². The van der Waals surface area contributed by atoms with Crippen molar-refractivity contribution in [1.29, 1.82) is 0 Å². The Morgan fingerprint density at radius 1 is 0.211 bits per heavy atom. The Morgan fingerprint density at radius 3 is 0.882 bits per heavy atom. The summed E-state index contributed by atoms with van der Waals surface area (Å²) in [5.74, 6) is 0. The SMILES string of the molecule is CC1(C)c2ccccc2N2c3ccccc3C(C)(C)c3cc(-c4ccc(-c5cc6c7c(c5)C(C)(C)c5cc(-c8ccc9ccccc9c8)ccc5N7c5ccc(-c7ccc8ccccc8c7)cc5C6(C)C)cc4)cc1c32. The Hall–Kier alpha value is -8.46. The van der Waals surface area contributed by atoms with E-state index >= 15 is 0 Å². The molecule has 4 heterocycles. The molecule has 4 aliphatic rings. The maximum Gasteiger partial charge on any atom is 0.0544 e. The van der Waals surface area contributed by atoms with Crippen molar-refractivity contribution in [2.24, 2.45) is 0 Å². The predicted molar refractivity (Wildman–Crippen MR) is 321 cm³/mol. The van der Waals surface area contributed by atoms with Crippen molar-refractivity contribution in [3.05, 3.63) is 263 Å². The number of nitrogens with zero attached hydrogens (tertiary/aromatic N) is 2. The summed E-state index contributed by atoms with van der Waals surface area (Å²) >= 11 is 0. The minimum Gasteiger partial charge on any atom is -0.309 e. The summed E-state index contributed by atoms with van der Waals surface area (Å²) in [4.78, 5) is 5.16. The van der Waals surface area contributed by atoms with Gasteiger partial charge in [-0.2, -0.15) is 0 Å². The summed E-state index contributed by atoms with van der Waals surface area (Å²) < 4.78 is 0. The van der Waals surface area contributed by atoms with Crippen molar-refractivity contribution in [3.8, 4) is 44.5 Å². The molecule has 15 rings (SSSR count). The molecule has 0 aromatic heterocycles. The lowest BCUT2D eigenvalue weighted by Crippen LogP contribution is -2.38. The van der Waals surface area contributed by atoms with Gasteiger partial charge in [-0.3, -0.25) is 0 Å². The van der Waals surface area contributed by atoms with E-state index in [2.05, 4.69) is 284 Å². The van der Waals surface area contributed by atoms with Crippen LogP contribution in [0.25, 0.3) is 66.1 Å². The molecule has 0 spiro atoms. The smallest absolute Gasteiger partial charge is 0.0544 e. The second kappa shape index (κ2) is 15.6. The minimum atomic E-state index is -0.313. The molecular weight excluding hydrogens is 917 g/mol. The van der Waals surface area contributed by atoms with Gasteiger partial charge in [0.15, 0.2) is 0 Å². The summed E-state index contributed by atoms with van der Waals surface area (Å²) in [5.41, 5.74) is 27.5. The molecule has 0 unspecified atom stereocenters. The number of anilines is 6. The first-order valence-electron chi connectivity index (χ1n) is 27.2. The number of fused-ring (bicyclic) bond motifs is 10. The molecule has 0 radical (unpaired) electrons. The molecule has 0 amide bonds. The van der Waals surface area contributed by atoms with E-state index in [1.54, 1.807) is 0 Å². The Morgan fingerprint density at radius 2 is 0.487 bits per heavy atom. The van der Waals surface area contributed by atoms with Gasteiger partial charge in [0.05, 0.1) is 34.1 Å². The zero-order valence-electron chi connectivity index (χ0n) is 44.7. The van der Waals surface area contributed by atoms with Gasteiger partial charge in [0.25, 0.3) is 0 Å². The van der Waals surface area contributed by atoms with Crippen LogP contribution in [-0.2, 0) is 21.7 Å². The summed E-state index contributed by atoms with van der Waals surface area (Å²) in [6, 6.07) is 83.2. The number of hydrogen-bond acceptors (Lipinski definition) is 2. The third kappa shape index (κ3) is 6.22. The van der Waals surface area contributed by atoms with Gasteiger partial charge in [-0.25, -0.2) is 0 Å². The van der Waals surface area contributed by atoms with E-state index in [-0.39, 0.29) is 21.7 Å². The molecule has 76 heavy (non-hydrogen) atoms. The monoisotopic (exact) mass is 976 g/mol. The normalized spacial score (nSPS) is 16.3. The molecule has 366 valence electrons. The molecule has 2 heteroatoms. The van der Waals surface area contributed by atoms with Gasteiger partial charge in [-0.1, -0.05) is 201 Å². The Kier molecular flexibility index (Phi) is 9.21. The van der Waals surface area contributed by atoms with Gasteiger partial charge >= 0.3 is 0 Å². The fraction of sp³-hybridized carbons (Fsp3) is 0.162. The summed E-state index contributed by atoms with van der Waals surface area (Å²) in [7, 11) is 0. The Balaban J connectivity index is 0.893. The quantitative estimate of drug-likeness (QED) is 0.173. The molecule has 0 bridgehead atoms. The standard InChI is InChI=1S/C74H60N2/c1-71(2)57-21-13-15-23-65(57)75-66-24-16-14-22-58(66)72(3,4)62-42-55(41-61(71)69(62)75)47-25-27-48(28-26-47)56-43-63-70-64(44-56)74(7,8)60-40-54(52-32-30-46-18-10-12-20-50(46)38-52)34-36-68(60)76(70)67-35-33-53(39-59(67)73(63,5)6)51-31-29-45-17-9-11-19-49(45)37-51/h9-44H,1-8H3. The summed E-state index contributed by atoms with van der Waals surface area (Å²) in [6.45, 7) is 19.5. The van der Waals surface area contributed by atoms with E-state index in [1.807, 2.05) is 0 Å². The zero-order chi connectivity index (χ0) is 51.6. The first-order chi connectivity index (χ1) is 36.7. The molecular formula is C74H60N2. The third-order valence-electron chi connectivity index (χ3n) is 18.5. The first kappa shape index (κ1) is 45.0. The molecule has 0 N–H and O–H groups in total. The van der Waals surface area contributed by atoms with E-state index < -0.39 is 0 Å². The van der Waals surface area contributed by atoms with Crippen LogP contribution in [0.4, 0.5) is 34.1 Å². The topological polar surface area (TPSA) is 6.48 Å². The maximum absolute atomic E-state index is 2.61. The van der Waals surface area contributed by atoms with Gasteiger partial charge in [-0.05, 0) is 183 Å². The Bertz CT molecular complexity index is 4050. The van der Waals surface area contributed by atoms with E-state index in [0.717, 1.165) is 0 Å². The molecule has 4 aliphatic heterocycles. The molecule has 11 aromatic rings. The summed E-state index contributed by atoms with van der Waals surface area (Å²) in [5, 5.41) is 5.04. The third-order valence-corrected chi connectivity index (χ3v) is 18.5. The van der Waals surface area contributed by atoms with Crippen LogP contribution >= 0.6 is 0 Å². The molecule has 0 saturated carbocycles. The van der Waals surface area contributed by atoms with E-state index in [0.29, 0.717) is 0 Å². The highest BCUT2D eigenvalue weighted by Gasteiger charge is 2.48. The molecule has 0 aliphatic carbocycles. The summed E-state index contributed by atoms with van der Waals surface area (Å²) in [6.07, 6.45) is 0. The lowest BCUT2D eigenvalue weighted by molar-refractivity contribution is 0.597. The van der Waals surface area contributed by atoms with Crippen molar-refractivity contribution in [2.45, 2.75) is 77.0 Å². The molecule has 0 fully saturated rings. The maximum atomic E-state index is 2.61. The minimum absolute atomic E-state index is 0.197. The van der Waals surface area contributed by atoms with Crippen LogP contribution < -0.4 is 9.80 Å². The van der Waals surface area contributed by atoms with E-state index in [4.69, 9.17) is 0 Å². The average molecular weight is 977 g/mol. The van der Waals surface area contributed by atoms with Crippen LogP contribution in [-0.4, -0.2) is 0 Å². The fourth-order valence-corrected chi connectivity index (χ4v) is 14.1. The van der Waals surface area contributed by atoms with Gasteiger partial charge in [0, 0.05) is 21.7 Å². The van der Waals surface area contributed by atoms with E-state index in [9.17, 15) is 0 Å². The van der Waals surface area contributed by atoms with Crippen molar-refractivity contribution in [1.82, 2.24) is 0 Å². The van der Waals surface area contributed by atoms with Crippen LogP contribution in [0.5, 0.6) is 0 Å². The van der Waals surface area contributed by atoms with Gasteiger partial charge in [0.2, 0.25) is 0 Å². The first-order valence-corrected chi connectivity index (χ1v) is 27.2. The highest BCUT2D eigenvalue weighted by atomic mass is 15.2. The number of benzene rings is 11. The van der Waals surface area contributed by atoms with Crippen molar-refractivity contribution in [3.63, 3.8) is 0 Å². The van der Waals surface area contributed by atoms with Crippen LogP contribution in [0.3, 0.4) is 0 Å². The van der Waals surface area contributed by atoms with Crippen LogP contribution in [0, 0.1) is 0 Å². The molecule has 0 saturated heterocycles. The second-order valence-electron chi connectivity index (χ2n) is 24.2. The van der Waals surface area contributed by atoms with Crippen molar-refractivity contribution < 1.29 is 0 Å². The largest absolute Gasteiger partial charge is 0.309 e. The van der Waals surface area contributed by atoms with Gasteiger partial charge < -0.3 is 9.80 Å². The lowest BCUT2D eigenvalue weighted by atomic mass is 9.65. The zero-order valence-corrected chi connectivity index (χ0v) is 44.7. The second-order valence-corrected chi connectivity index (χ2v) is 24.2. The number of rotatable bonds is 4.